The fourth-order valence-electron chi connectivity index (χ4n) is 3.28. The SMILES string of the molecule is [CH]CCCCCCS[C@]1(C)OC(C)(CO)[C@@](C)(O)[C@@](C)(O)C1(C)O. The van der Waals surface area contributed by atoms with Crippen molar-refractivity contribution >= 4 is 11.8 Å². The van der Waals surface area contributed by atoms with Crippen LogP contribution in [0.15, 0.2) is 0 Å². The zero-order valence-electron chi connectivity index (χ0n) is 15.6. The van der Waals surface area contributed by atoms with Crippen molar-refractivity contribution in [2.45, 2.75) is 94.1 Å². The average molecular weight is 363 g/mol. The summed E-state index contributed by atoms with van der Waals surface area (Å²) in [5.41, 5.74) is -6.84. The van der Waals surface area contributed by atoms with E-state index in [1.54, 1.807) is 13.8 Å². The molecule has 0 spiro atoms. The molecule has 1 saturated heterocycles. The zero-order chi connectivity index (χ0) is 18.9. The molecule has 4 N–H and O–H groups in total. The summed E-state index contributed by atoms with van der Waals surface area (Å²) in [4.78, 5) is -1.18. The molecule has 0 aromatic heterocycles. The van der Waals surface area contributed by atoms with Crippen LogP contribution < -0.4 is 0 Å². The molecule has 24 heavy (non-hydrogen) atoms. The van der Waals surface area contributed by atoms with Crippen LogP contribution in [0.5, 0.6) is 0 Å². The molecule has 0 saturated carbocycles. The molecule has 0 amide bonds. The van der Waals surface area contributed by atoms with Crippen molar-refractivity contribution in [3.05, 3.63) is 6.92 Å². The minimum atomic E-state index is -1.88. The quantitative estimate of drug-likeness (QED) is 0.495. The number of rotatable bonds is 8. The molecule has 1 heterocycles. The van der Waals surface area contributed by atoms with E-state index < -0.39 is 33.9 Å². The van der Waals surface area contributed by atoms with Gasteiger partial charge in [0.1, 0.15) is 27.3 Å². The Morgan fingerprint density at radius 3 is 1.88 bits per heavy atom. The van der Waals surface area contributed by atoms with Gasteiger partial charge in [-0.2, -0.15) is 0 Å². The first-order valence-electron chi connectivity index (χ1n) is 8.65. The fourth-order valence-corrected chi connectivity index (χ4v) is 4.74. The van der Waals surface area contributed by atoms with Gasteiger partial charge in [-0.3, -0.25) is 0 Å². The minimum absolute atomic E-state index is 0.473. The summed E-state index contributed by atoms with van der Waals surface area (Å²) in [7, 11) is 0. The first-order valence-corrected chi connectivity index (χ1v) is 9.64. The van der Waals surface area contributed by atoms with E-state index >= 15 is 0 Å². The minimum Gasteiger partial charge on any atom is -0.393 e. The summed E-state index contributed by atoms with van der Waals surface area (Å²) in [5.74, 6) is 0.733. The van der Waals surface area contributed by atoms with Crippen LogP contribution in [0, 0.1) is 6.92 Å². The number of ether oxygens (including phenoxy) is 1. The Balaban J connectivity index is 2.96. The maximum atomic E-state index is 11.1. The zero-order valence-corrected chi connectivity index (χ0v) is 16.4. The third-order valence-corrected chi connectivity index (χ3v) is 7.53. The number of aliphatic hydroxyl groups is 4. The van der Waals surface area contributed by atoms with Gasteiger partial charge in [0.15, 0.2) is 0 Å². The number of hydrogen-bond donors (Lipinski definition) is 4. The van der Waals surface area contributed by atoms with Crippen LogP contribution in [0.4, 0.5) is 0 Å². The van der Waals surface area contributed by atoms with Crippen LogP contribution in [-0.4, -0.2) is 60.1 Å². The predicted octanol–water partition coefficient (Wildman–Crippen LogP) is 2.13. The van der Waals surface area contributed by atoms with Gasteiger partial charge in [0, 0.05) is 0 Å². The van der Waals surface area contributed by atoms with Gasteiger partial charge in [0.25, 0.3) is 0 Å². The van der Waals surface area contributed by atoms with Gasteiger partial charge in [-0.15, -0.1) is 11.8 Å². The van der Waals surface area contributed by atoms with Crippen LogP contribution >= 0.6 is 11.8 Å². The molecule has 1 fully saturated rings. The van der Waals surface area contributed by atoms with E-state index in [4.69, 9.17) is 11.7 Å². The lowest BCUT2D eigenvalue weighted by molar-refractivity contribution is -0.380. The summed E-state index contributed by atoms with van der Waals surface area (Å²) in [6, 6.07) is 0. The summed E-state index contributed by atoms with van der Waals surface area (Å²) < 4.78 is 6.04. The Bertz CT molecular complexity index is 424. The highest BCUT2D eigenvalue weighted by Crippen LogP contribution is 2.56. The third kappa shape index (κ3) is 3.38. The highest BCUT2D eigenvalue weighted by molar-refractivity contribution is 8.00. The highest BCUT2D eigenvalue weighted by atomic mass is 32.2. The second kappa shape index (κ2) is 7.41. The Morgan fingerprint density at radius 1 is 0.833 bits per heavy atom. The standard InChI is InChI=1S/C18H34O5S/c1-7-8-9-10-11-12-24-18(6)17(5,22)16(4,21)15(3,20)14(2,13-19)23-18/h1,19-22H,7-13H2,2-6H3/t14?,15-,16-,17?,18+/m1/s1. The van der Waals surface area contributed by atoms with Crippen molar-refractivity contribution < 1.29 is 25.2 Å². The maximum absolute atomic E-state index is 11.1. The summed E-state index contributed by atoms with van der Waals surface area (Å²) in [6.07, 6.45) is 4.72. The Morgan fingerprint density at radius 2 is 1.38 bits per heavy atom. The van der Waals surface area contributed by atoms with E-state index in [9.17, 15) is 20.4 Å². The van der Waals surface area contributed by atoms with Gasteiger partial charge in [0.05, 0.1) is 6.61 Å². The topological polar surface area (TPSA) is 90.2 Å². The molecular formula is C18H34O5S. The number of thioether (sulfide) groups is 1. The van der Waals surface area contributed by atoms with E-state index in [1.807, 2.05) is 0 Å². The Kier molecular flexibility index (Phi) is 6.85. The summed E-state index contributed by atoms with van der Waals surface area (Å²) in [5, 5.41) is 42.7. The normalized spacial score (nSPS) is 46.2. The first kappa shape index (κ1) is 22.2. The molecule has 0 aliphatic carbocycles. The van der Waals surface area contributed by atoms with Gasteiger partial charge in [-0.05, 0) is 60.1 Å². The molecule has 0 aromatic carbocycles. The average Bonchev–Trinajstić information content (AvgIpc) is 2.48. The highest BCUT2D eigenvalue weighted by Gasteiger charge is 2.73. The van der Waals surface area contributed by atoms with Gasteiger partial charge < -0.3 is 25.2 Å². The van der Waals surface area contributed by atoms with Crippen molar-refractivity contribution in [3.63, 3.8) is 0 Å². The predicted molar refractivity (Wildman–Crippen MR) is 96.7 cm³/mol. The lowest BCUT2D eigenvalue weighted by Crippen LogP contribution is -2.83. The molecule has 5 nitrogen and oxygen atoms in total. The van der Waals surface area contributed by atoms with Gasteiger partial charge in [-0.1, -0.05) is 19.3 Å². The molecule has 1 aliphatic rings. The maximum Gasteiger partial charge on any atom is 0.143 e. The third-order valence-electron chi connectivity index (χ3n) is 6.01. The van der Waals surface area contributed by atoms with E-state index in [1.165, 1.54) is 32.5 Å². The van der Waals surface area contributed by atoms with Crippen molar-refractivity contribution in [1.82, 2.24) is 0 Å². The Labute approximate surface area is 150 Å². The molecule has 1 rings (SSSR count). The molecule has 5 atom stereocenters. The van der Waals surface area contributed by atoms with Crippen LogP contribution in [0.3, 0.4) is 0 Å². The summed E-state index contributed by atoms with van der Waals surface area (Å²) in [6.45, 7) is 12.5. The molecule has 2 radical (unpaired) electrons. The molecule has 142 valence electrons. The van der Waals surface area contributed by atoms with Crippen molar-refractivity contribution in [2.24, 2.45) is 0 Å². The van der Waals surface area contributed by atoms with E-state index in [-0.39, 0.29) is 0 Å². The molecule has 0 bridgehead atoms. The van der Waals surface area contributed by atoms with Crippen LogP contribution in [0.1, 0.15) is 66.7 Å². The molecule has 6 heteroatoms. The summed E-state index contributed by atoms with van der Waals surface area (Å²) >= 11 is 1.40. The van der Waals surface area contributed by atoms with E-state index in [0.717, 1.165) is 31.4 Å². The lowest BCUT2D eigenvalue weighted by Gasteiger charge is -2.65. The number of hydrogen-bond acceptors (Lipinski definition) is 6. The van der Waals surface area contributed by atoms with Gasteiger partial charge >= 0.3 is 0 Å². The molecule has 2 unspecified atom stereocenters. The molecule has 1 aliphatic heterocycles. The van der Waals surface area contributed by atoms with Crippen molar-refractivity contribution in [1.29, 1.82) is 0 Å². The second-order valence-electron chi connectivity index (χ2n) is 7.70. The first-order chi connectivity index (χ1) is 10.8. The number of unbranched alkanes of at least 4 members (excludes halogenated alkanes) is 4. The Hall–Kier alpha value is 0.150. The smallest absolute Gasteiger partial charge is 0.143 e. The van der Waals surface area contributed by atoms with Crippen LogP contribution in [0.25, 0.3) is 0 Å². The monoisotopic (exact) mass is 362 g/mol. The van der Waals surface area contributed by atoms with Crippen LogP contribution in [-0.2, 0) is 4.74 Å². The van der Waals surface area contributed by atoms with Crippen LogP contribution in [0.2, 0.25) is 0 Å². The molecular weight excluding hydrogens is 328 g/mol. The largest absolute Gasteiger partial charge is 0.393 e. The van der Waals surface area contributed by atoms with Crippen molar-refractivity contribution in [3.8, 4) is 0 Å². The molecule has 0 aromatic rings. The lowest BCUT2D eigenvalue weighted by atomic mass is 9.62. The van der Waals surface area contributed by atoms with E-state index in [0.29, 0.717) is 6.42 Å². The number of aliphatic hydroxyl groups excluding tert-OH is 1. The fraction of sp³-hybridized carbons (Fsp3) is 0.944. The van der Waals surface area contributed by atoms with Gasteiger partial charge in [-0.25, -0.2) is 0 Å². The second-order valence-corrected chi connectivity index (χ2v) is 9.18. The van der Waals surface area contributed by atoms with Crippen molar-refractivity contribution in [2.75, 3.05) is 12.4 Å². The van der Waals surface area contributed by atoms with E-state index in [2.05, 4.69) is 0 Å². The van der Waals surface area contributed by atoms with Gasteiger partial charge in [0.2, 0.25) is 0 Å².